The third-order valence-corrected chi connectivity index (χ3v) is 2.84. The summed E-state index contributed by atoms with van der Waals surface area (Å²) in [6, 6.07) is 0. The molecule has 1 aromatic rings. The number of hydrogen-bond acceptors (Lipinski definition) is 5. The smallest absolute Gasteiger partial charge is 0.330 e. The average molecular weight is 244 g/mol. The number of aliphatic hydroxyl groups is 2. The number of rotatable bonds is 2. The summed E-state index contributed by atoms with van der Waals surface area (Å²) in [6.07, 6.45) is -0.581. The molecular weight excluding hydrogens is 230 g/mol. The Bertz CT molecular complexity index is 520. The molecule has 1 aromatic heterocycles. The Balaban J connectivity index is 2.34. The summed E-state index contributed by atoms with van der Waals surface area (Å²) in [4.78, 5) is 24.9. The third-order valence-electron chi connectivity index (χ3n) is 2.84. The van der Waals surface area contributed by atoms with Gasteiger partial charge in [-0.15, -0.1) is 0 Å². The van der Waals surface area contributed by atoms with E-state index in [1.165, 1.54) is 10.8 Å². The molecule has 1 aliphatic rings. The molecular formula is C10H14N2O5. The zero-order valence-corrected chi connectivity index (χ0v) is 9.29. The van der Waals surface area contributed by atoms with Crippen molar-refractivity contribution in [3.05, 3.63) is 32.6 Å². The maximum absolute atomic E-state index is 11.6. The average Bonchev–Trinajstić information content (AvgIpc) is 2.65. The minimum Gasteiger partial charge on any atom is -0.394 e. The minimum atomic E-state index is -0.816. The molecule has 2 rings (SSSR count). The van der Waals surface area contributed by atoms with Crippen LogP contribution in [0.4, 0.5) is 0 Å². The molecule has 1 fully saturated rings. The van der Waals surface area contributed by atoms with Crippen molar-refractivity contribution in [3.63, 3.8) is 0 Å². The van der Waals surface area contributed by atoms with Crippen molar-refractivity contribution in [2.75, 3.05) is 6.61 Å². The first-order valence-corrected chi connectivity index (χ1v) is 5.29. The van der Waals surface area contributed by atoms with Crippen LogP contribution in [-0.2, 0) is 4.74 Å². The maximum Gasteiger partial charge on any atom is 0.330 e. The lowest BCUT2D eigenvalue weighted by Gasteiger charge is -2.14. The molecule has 0 saturated carbocycles. The Kier molecular flexibility index (Phi) is 3.14. The van der Waals surface area contributed by atoms with Crippen molar-refractivity contribution < 1.29 is 14.9 Å². The van der Waals surface area contributed by atoms with E-state index in [0.29, 0.717) is 5.56 Å². The van der Waals surface area contributed by atoms with Gasteiger partial charge in [0.1, 0.15) is 12.3 Å². The van der Waals surface area contributed by atoms with Gasteiger partial charge in [-0.3, -0.25) is 14.3 Å². The number of aromatic amines is 1. The predicted octanol–water partition coefficient (Wildman–Crippen LogP) is -1.51. The van der Waals surface area contributed by atoms with Gasteiger partial charge in [0.2, 0.25) is 0 Å². The first-order chi connectivity index (χ1) is 8.02. The Morgan fingerprint density at radius 1 is 1.65 bits per heavy atom. The molecule has 0 aliphatic carbocycles. The molecule has 17 heavy (non-hydrogen) atoms. The van der Waals surface area contributed by atoms with Crippen LogP contribution in [-0.4, -0.2) is 38.6 Å². The lowest BCUT2D eigenvalue weighted by Crippen LogP contribution is -2.33. The van der Waals surface area contributed by atoms with E-state index in [9.17, 15) is 14.7 Å². The van der Waals surface area contributed by atoms with Crippen LogP contribution in [0.25, 0.3) is 0 Å². The number of hydrogen-bond donors (Lipinski definition) is 3. The lowest BCUT2D eigenvalue weighted by atomic mass is 10.2. The van der Waals surface area contributed by atoms with Crippen LogP contribution in [0, 0.1) is 6.92 Å². The molecule has 7 nitrogen and oxygen atoms in total. The van der Waals surface area contributed by atoms with Gasteiger partial charge in [0.15, 0.2) is 0 Å². The van der Waals surface area contributed by atoms with Crippen molar-refractivity contribution in [2.24, 2.45) is 0 Å². The molecule has 0 bridgehead atoms. The number of aliphatic hydroxyl groups excluding tert-OH is 2. The molecule has 2 heterocycles. The standard InChI is InChI=1S/C10H14N2O5/c1-5-3-12(10(16)11-9(5)15)8-2-6(14)7(4-13)17-8/h3,6-8,13-14H,2,4H2,1H3,(H,11,15,16)/t6-,7+,8+/m0/s1/i8+2. The van der Waals surface area contributed by atoms with Gasteiger partial charge in [-0.25, -0.2) is 4.79 Å². The molecule has 1 saturated heterocycles. The van der Waals surface area contributed by atoms with Gasteiger partial charge in [-0.2, -0.15) is 0 Å². The van der Waals surface area contributed by atoms with Gasteiger partial charge in [0, 0.05) is 18.2 Å². The van der Waals surface area contributed by atoms with E-state index in [-0.39, 0.29) is 13.0 Å². The second-order valence-corrected chi connectivity index (χ2v) is 4.09. The zero-order valence-electron chi connectivity index (χ0n) is 9.29. The fourth-order valence-electron chi connectivity index (χ4n) is 1.85. The fourth-order valence-corrected chi connectivity index (χ4v) is 1.85. The molecule has 0 radical (unpaired) electrons. The zero-order chi connectivity index (χ0) is 12.6. The van der Waals surface area contributed by atoms with Gasteiger partial charge < -0.3 is 14.9 Å². The summed E-state index contributed by atoms with van der Waals surface area (Å²) in [7, 11) is 0. The summed E-state index contributed by atoms with van der Waals surface area (Å²) in [5.41, 5.74) is -0.643. The van der Waals surface area contributed by atoms with Crippen molar-refractivity contribution in [3.8, 4) is 0 Å². The van der Waals surface area contributed by atoms with Crippen LogP contribution in [0.2, 0.25) is 0 Å². The molecule has 0 amide bonds. The Morgan fingerprint density at radius 2 is 2.35 bits per heavy atom. The monoisotopic (exact) mass is 244 g/mol. The summed E-state index contributed by atoms with van der Waals surface area (Å²) in [5, 5.41) is 18.5. The minimum absolute atomic E-state index is 0.205. The number of aromatic nitrogens is 2. The quantitative estimate of drug-likeness (QED) is 0.586. The highest BCUT2D eigenvalue weighted by Gasteiger charge is 2.34. The fraction of sp³-hybridized carbons (Fsp3) is 0.600. The normalized spacial score (nSPS) is 28.5. The lowest BCUT2D eigenvalue weighted by molar-refractivity contribution is -0.0459. The first kappa shape index (κ1) is 12.0. The van der Waals surface area contributed by atoms with Crippen LogP contribution in [0.5, 0.6) is 0 Å². The van der Waals surface area contributed by atoms with Crippen LogP contribution < -0.4 is 11.2 Å². The largest absolute Gasteiger partial charge is 0.394 e. The highest BCUT2D eigenvalue weighted by molar-refractivity contribution is 5.02. The van der Waals surface area contributed by atoms with Crippen molar-refractivity contribution in [2.45, 2.75) is 31.8 Å². The summed E-state index contributed by atoms with van der Waals surface area (Å²) >= 11 is 0. The van der Waals surface area contributed by atoms with Crippen molar-refractivity contribution >= 4 is 0 Å². The van der Waals surface area contributed by atoms with Gasteiger partial charge in [-0.1, -0.05) is 0 Å². The van der Waals surface area contributed by atoms with Gasteiger partial charge >= 0.3 is 5.69 Å². The van der Waals surface area contributed by atoms with E-state index in [4.69, 9.17) is 9.84 Å². The molecule has 0 aromatic carbocycles. The summed E-state index contributed by atoms with van der Waals surface area (Å²) in [6.45, 7) is 1.26. The van der Waals surface area contributed by atoms with Gasteiger partial charge in [-0.05, 0) is 6.92 Å². The Labute approximate surface area is 96.3 Å². The maximum atomic E-state index is 11.6. The highest BCUT2D eigenvalue weighted by atomic mass is 16.7. The van der Waals surface area contributed by atoms with Crippen molar-refractivity contribution in [1.82, 2.24) is 9.55 Å². The molecule has 1 aliphatic heterocycles. The highest BCUT2D eigenvalue weighted by Crippen LogP contribution is 2.27. The van der Waals surface area contributed by atoms with Crippen LogP contribution in [0.3, 0.4) is 0 Å². The van der Waals surface area contributed by atoms with Crippen LogP contribution >= 0.6 is 0 Å². The Hall–Kier alpha value is -1.44. The van der Waals surface area contributed by atoms with E-state index in [2.05, 4.69) is 4.98 Å². The molecule has 0 unspecified atom stereocenters. The summed E-state index contributed by atoms with van der Waals surface area (Å²) in [5.74, 6) is 0. The molecule has 7 heteroatoms. The van der Waals surface area contributed by atoms with Crippen LogP contribution in [0.1, 0.15) is 18.2 Å². The summed E-state index contributed by atoms with van der Waals surface area (Å²) < 4.78 is 6.54. The number of nitrogens with zero attached hydrogens (tertiary/aromatic N) is 1. The Morgan fingerprint density at radius 3 is 2.94 bits per heavy atom. The van der Waals surface area contributed by atoms with E-state index in [0.717, 1.165) is 0 Å². The third kappa shape index (κ3) is 2.17. The van der Waals surface area contributed by atoms with E-state index in [1.807, 2.05) is 0 Å². The second kappa shape index (κ2) is 4.44. The van der Waals surface area contributed by atoms with E-state index in [1.54, 1.807) is 6.92 Å². The van der Waals surface area contributed by atoms with Gasteiger partial charge in [0.25, 0.3) is 5.56 Å². The SMILES string of the molecule is Cc1cn([14C@H]2C[C@H](O)[C@@H](CO)O2)c(=O)[nH]c1=O. The first-order valence-electron chi connectivity index (χ1n) is 5.29. The van der Waals surface area contributed by atoms with E-state index < -0.39 is 29.7 Å². The van der Waals surface area contributed by atoms with E-state index >= 15 is 0 Å². The molecule has 94 valence electrons. The van der Waals surface area contributed by atoms with Crippen LogP contribution in [0.15, 0.2) is 15.8 Å². The number of ether oxygens (including phenoxy) is 1. The molecule has 3 N–H and O–H groups in total. The van der Waals surface area contributed by atoms with Gasteiger partial charge in [0.05, 0.1) is 12.7 Å². The molecule has 0 spiro atoms. The van der Waals surface area contributed by atoms with Crippen molar-refractivity contribution in [1.29, 1.82) is 0 Å². The number of nitrogens with one attached hydrogen (secondary N) is 1. The molecule has 3 atom stereocenters. The number of aryl methyl sites for hydroxylation is 1. The predicted molar refractivity (Wildman–Crippen MR) is 57.7 cm³/mol. The number of H-pyrrole nitrogens is 1. The second-order valence-electron chi connectivity index (χ2n) is 4.09. The topological polar surface area (TPSA) is 105 Å².